The normalized spacial score (nSPS) is 11.9. The van der Waals surface area contributed by atoms with Crippen LogP contribution in [0.2, 0.25) is 0 Å². The summed E-state index contributed by atoms with van der Waals surface area (Å²) in [7, 11) is 1.62. The van der Waals surface area contributed by atoms with Crippen LogP contribution in [0.25, 0.3) is 0 Å². The summed E-state index contributed by atoms with van der Waals surface area (Å²) in [6.07, 6.45) is 0.138. The van der Waals surface area contributed by atoms with Gasteiger partial charge >= 0.3 is 0 Å². The number of hydrogen-bond donors (Lipinski definition) is 1. The average Bonchev–Trinajstić information content (AvgIpc) is 2.45. The van der Waals surface area contributed by atoms with Crippen molar-refractivity contribution in [3.05, 3.63) is 59.7 Å². The van der Waals surface area contributed by atoms with Crippen LogP contribution in [0.3, 0.4) is 0 Å². The Morgan fingerprint density at radius 2 is 1.80 bits per heavy atom. The predicted octanol–water partition coefficient (Wildman–Crippen LogP) is 3.20. The molecule has 0 aromatic heterocycles. The Bertz CT molecular complexity index is 535. The van der Waals surface area contributed by atoms with Gasteiger partial charge in [0.25, 0.3) is 0 Å². The second kappa shape index (κ2) is 6.96. The van der Waals surface area contributed by atoms with Gasteiger partial charge in [0.1, 0.15) is 6.61 Å². The molecule has 2 aromatic rings. The third kappa shape index (κ3) is 3.75. The third-order valence-corrected chi connectivity index (χ3v) is 3.02. The Kier molecular flexibility index (Phi) is 5.02. The molecule has 2 rings (SSSR count). The molecule has 1 atom stereocenters. The van der Waals surface area contributed by atoms with Gasteiger partial charge in [-0.05, 0) is 18.6 Å². The van der Waals surface area contributed by atoms with E-state index in [1.165, 1.54) is 0 Å². The van der Waals surface area contributed by atoms with Gasteiger partial charge < -0.3 is 14.6 Å². The number of aliphatic hydroxyl groups excluding tert-OH is 1. The van der Waals surface area contributed by atoms with Crippen LogP contribution in [0.15, 0.2) is 48.5 Å². The molecule has 0 saturated carbocycles. The highest BCUT2D eigenvalue weighted by atomic mass is 16.5. The Morgan fingerprint density at radius 1 is 1.05 bits per heavy atom. The zero-order valence-corrected chi connectivity index (χ0v) is 11.9. The molecule has 3 heteroatoms. The lowest BCUT2D eigenvalue weighted by Crippen LogP contribution is -2.07. The minimum Gasteiger partial charge on any atom is -0.493 e. The lowest BCUT2D eigenvalue weighted by molar-refractivity contribution is 0.193. The van der Waals surface area contributed by atoms with E-state index < -0.39 is 6.10 Å². The zero-order chi connectivity index (χ0) is 14.4. The van der Waals surface area contributed by atoms with E-state index >= 15 is 0 Å². The number of aliphatic hydroxyl groups is 1. The SMILES string of the molecule is COc1c(CC(C)O)cccc1OCc1ccccc1. The molecule has 0 saturated heterocycles. The van der Waals surface area contributed by atoms with E-state index in [1.807, 2.05) is 48.5 Å². The molecule has 0 bridgehead atoms. The monoisotopic (exact) mass is 272 g/mol. The fraction of sp³-hybridized carbons (Fsp3) is 0.294. The van der Waals surface area contributed by atoms with Crippen molar-refractivity contribution in [1.29, 1.82) is 0 Å². The first-order valence-corrected chi connectivity index (χ1v) is 6.71. The number of benzene rings is 2. The minimum absolute atomic E-state index is 0.409. The highest BCUT2D eigenvalue weighted by Crippen LogP contribution is 2.32. The molecule has 20 heavy (non-hydrogen) atoms. The van der Waals surface area contributed by atoms with E-state index in [0.29, 0.717) is 24.5 Å². The average molecular weight is 272 g/mol. The van der Waals surface area contributed by atoms with Crippen LogP contribution in [-0.2, 0) is 13.0 Å². The van der Waals surface area contributed by atoms with Gasteiger partial charge in [-0.1, -0.05) is 42.5 Å². The maximum atomic E-state index is 9.53. The minimum atomic E-state index is -0.409. The van der Waals surface area contributed by atoms with Crippen LogP contribution in [-0.4, -0.2) is 18.3 Å². The van der Waals surface area contributed by atoms with Crippen molar-refractivity contribution in [3.8, 4) is 11.5 Å². The quantitative estimate of drug-likeness (QED) is 0.877. The number of hydrogen-bond acceptors (Lipinski definition) is 3. The molecule has 0 radical (unpaired) electrons. The first-order chi connectivity index (χ1) is 9.70. The van der Waals surface area contributed by atoms with Crippen molar-refractivity contribution in [2.75, 3.05) is 7.11 Å². The van der Waals surface area contributed by atoms with Gasteiger partial charge in [0, 0.05) is 12.0 Å². The van der Waals surface area contributed by atoms with E-state index in [1.54, 1.807) is 14.0 Å². The second-order valence-corrected chi connectivity index (χ2v) is 4.78. The summed E-state index contributed by atoms with van der Waals surface area (Å²) in [5, 5.41) is 9.53. The van der Waals surface area contributed by atoms with Gasteiger partial charge in [0.15, 0.2) is 11.5 Å². The molecule has 0 aliphatic rings. The lowest BCUT2D eigenvalue weighted by Gasteiger charge is -2.15. The van der Waals surface area contributed by atoms with Crippen molar-refractivity contribution >= 4 is 0 Å². The number of ether oxygens (including phenoxy) is 2. The Labute approximate surface area is 119 Å². The smallest absolute Gasteiger partial charge is 0.164 e. The molecule has 106 valence electrons. The van der Waals surface area contributed by atoms with Crippen LogP contribution < -0.4 is 9.47 Å². The molecule has 0 spiro atoms. The highest BCUT2D eigenvalue weighted by Gasteiger charge is 2.12. The van der Waals surface area contributed by atoms with E-state index in [4.69, 9.17) is 9.47 Å². The summed E-state index contributed by atoms with van der Waals surface area (Å²) in [4.78, 5) is 0. The first kappa shape index (κ1) is 14.4. The molecule has 0 aliphatic heterocycles. The van der Waals surface area contributed by atoms with Crippen molar-refractivity contribution in [3.63, 3.8) is 0 Å². The molecule has 1 N–H and O–H groups in total. The van der Waals surface area contributed by atoms with Gasteiger partial charge in [-0.15, -0.1) is 0 Å². The Hall–Kier alpha value is -2.00. The lowest BCUT2D eigenvalue weighted by atomic mass is 10.1. The highest BCUT2D eigenvalue weighted by molar-refractivity contribution is 5.47. The first-order valence-electron chi connectivity index (χ1n) is 6.71. The number of rotatable bonds is 6. The maximum Gasteiger partial charge on any atom is 0.164 e. The van der Waals surface area contributed by atoms with Crippen LogP contribution in [0.5, 0.6) is 11.5 Å². The van der Waals surface area contributed by atoms with E-state index in [0.717, 1.165) is 11.1 Å². The third-order valence-electron chi connectivity index (χ3n) is 3.02. The summed E-state index contributed by atoms with van der Waals surface area (Å²) in [6, 6.07) is 15.7. The molecule has 0 fully saturated rings. The van der Waals surface area contributed by atoms with Crippen molar-refractivity contribution in [2.24, 2.45) is 0 Å². The Morgan fingerprint density at radius 3 is 2.45 bits per heavy atom. The molecule has 1 unspecified atom stereocenters. The largest absolute Gasteiger partial charge is 0.493 e. The van der Waals surface area contributed by atoms with Gasteiger partial charge in [-0.2, -0.15) is 0 Å². The van der Waals surface area contributed by atoms with E-state index in [9.17, 15) is 5.11 Å². The van der Waals surface area contributed by atoms with Gasteiger partial charge in [0.05, 0.1) is 13.2 Å². The van der Waals surface area contributed by atoms with E-state index in [-0.39, 0.29) is 0 Å². The van der Waals surface area contributed by atoms with Crippen molar-refractivity contribution in [2.45, 2.75) is 26.1 Å². The van der Waals surface area contributed by atoms with Gasteiger partial charge in [-0.3, -0.25) is 0 Å². The molecule has 0 aliphatic carbocycles. The summed E-state index contributed by atoms with van der Waals surface area (Å²) < 4.78 is 11.3. The van der Waals surface area contributed by atoms with Crippen LogP contribution in [0, 0.1) is 0 Å². The zero-order valence-electron chi connectivity index (χ0n) is 11.9. The fourth-order valence-electron chi connectivity index (χ4n) is 2.12. The van der Waals surface area contributed by atoms with Crippen LogP contribution >= 0.6 is 0 Å². The van der Waals surface area contributed by atoms with Crippen molar-refractivity contribution in [1.82, 2.24) is 0 Å². The molecule has 0 heterocycles. The maximum absolute atomic E-state index is 9.53. The molecule has 2 aromatic carbocycles. The van der Waals surface area contributed by atoms with E-state index in [2.05, 4.69) is 0 Å². The topological polar surface area (TPSA) is 38.7 Å². The standard InChI is InChI=1S/C17H20O3/c1-13(18)11-15-9-6-10-16(17(15)19-2)20-12-14-7-4-3-5-8-14/h3-10,13,18H,11-12H2,1-2H3. The summed E-state index contributed by atoms with van der Waals surface area (Å²) in [5.74, 6) is 1.40. The van der Waals surface area contributed by atoms with Crippen molar-refractivity contribution < 1.29 is 14.6 Å². The van der Waals surface area contributed by atoms with Gasteiger partial charge in [-0.25, -0.2) is 0 Å². The van der Waals surface area contributed by atoms with Crippen LogP contribution in [0.1, 0.15) is 18.1 Å². The summed E-state index contributed by atoms with van der Waals surface area (Å²) in [6.45, 7) is 2.26. The summed E-state index contributed by atoms with van der Waals surface area (Å²) in [5.41, 5.74) is 2.06. The second-order valence-electron chi connectivity index (χ2n) is 4.78. The molecule has 0 amide bonds. The van der Waals surface area contributed by atoms with Crippen LogP contribution in [0.4, 0.5) is 0 Å². The molecule has 3 nitrogen and oxygen atoms in total. The molecular weight excluding hydrogens is 252 g/mol. The van der Waals surface area contributed by atoms with Gasteiger partial charge in [0.2, 0.25) is 0 Å². The Balaban J connectivity index is 2.14. The number of para-hydroxylation sites is 1. The number of methoxy groups -OCH3 is 1. The predicted molar refractivity (Wildman–Crippen MR) is 79.2 cm³/mol. The molecular formula is C17H20O3. The fourth-order valence-corrected chi connectivity index (χ4v) is 2.12. The summed E-state index contributed by atoms with van der Waals surface area (Å²) >= 11 is 0.